The van der Waals surface area contributed by atoms with Crippen LogP contribution in [-0.2, 0) is 6.54 Å². The van der Waals surface area contributed by atoms with Gasteiger partial charge in [-0.3, -0.25) is 4.79 Å². The molecule has 0 saturated carbocycles. The number of fused-ring (bicyclic) bond motifs is 1. The molecule has 0 atom stereocenters. The second-order valence-corrected chi connectivity index (χ2v) is 5.14. The molecule has 4 heteroatoms. The lowest BCUT2D eigenvalue weighted by atomic mass is 10.1. The number of para-hydroxylation sites is 1. The average Bonchev–Trinajstić information content (AvgIpc) is 2.92. The van der Waals surface area contributed by atoms with Crippen LogP contribution >= 0.6 is 11.6 Å². The topological polar surface area (TPSA) is 45.8 Å². The second-order valence-electron chi connectivity index (χ2n) is 4.73. The molecule has 1 heterocycles. The fourth-order valence-corrected chi connectivity index (χ4v) is 2.61. The number of halogens is 1. The SMILES string of the molecule is N#Cc1ccc(C(=O)Cn2ccc3cccc(Cl)c32)cc1. The van der Waals surface area contributed by atoms with Crippen molar-refractivity contribution in [2.24, 2.45) is 0 Å². The quantitative estimate of drug-likeness (QED) is 0.684. The van der Waals surface area contributed by atoms with Gasteiger partial charge in [0.1, 0.15) is 0 Å². The highest BCUT2D eigenvalue weighted by atomic mass is 35.5. The molecule has 0 N–H and O–H groups in total. The van der Waals surface area contributed by atoms with Gasteiger partial charge >= 0.3 is 0 Å². The van der Waals surface area contributed by atoms with Crippen LogP contribution in [0.3, 0.4) is 0 Å². The predicted molar refractivity (Wildman–Crippen MR) is 82.4 cm³/mol. The summed E-state index contributed by atoms with van der Waals surface area (Å²) in [4.78, 5) is 12.3. The number of rotatable bonds is 3. The molecule has 3 aromatic rings. The lowest BCUT2D eigenvalue weighted by molar-refractivity contribution is 0.0973. The van der Waals surface area contributed by atoms with Crippen molar-refractivity contribution in [3.8, 4) is 6.07 Å². The molecule has 0 spiro atoms. The average molecular weight is 295 g/mol. The number of hydrogen-bond acceptors (Lipinski definition) is 2. The number of carbonyl (C=O) groups excluding carboxylic acids is 1. The van der Waals surface area contributed by atoms with Crippen LogP contribution in [0.15, 0.2) is 54.7 Å². The van der Waals surface area contributed by atoms with E-state index in [1.165, 1.54) is 0 Å². The van der Waals surface area contributed by atoms with Crippen molar-refractivity contribution in [1.29, 1.82) is 5.26 Å². The maximum atomic E-state index is 12.3. The highest BCUT2D eigenvalue weighted by Gasteiger charge is 2.10. The van der Waals surface area contributed by atoms with Gasteiger partial charge in [-0.05, 0) is 24.3 Å². The lowest BCUT2D eigenvalue weighted by Gasteiger charge is -2.06. The van der Waals surface area contributed by atoms with Crippen LogP contribution in [0, 0.1) is 11.3 Å². The van der Waals surface area contributed by atoms with Gasteiger partial charge in [-0.15, -0.1) is 0 Å². The number of nitrogens with zero attached hydrogens (tertiary/aromatic N) is 2. The van der Waals surface area contributed by atoms with Crippen LogP contribution in [0.25, 0.3) is 10.9 Å². The first-order chi connectivity index (χ1) is 10.2. The van der Waals surface area contributed by atoms with Crippen molar-refractivity contribution in [3.05, 3.63) is 70.9 Å². The summed E-state index contributed by atoms with van der Waals surface area (Å²) in [6.07, 6.45) is 1.86. The van der Waals surface area contributed by atoms with Gasteiger partial charge < -0.3 is 4.57 Å². The van der Waals surface area contributed by atoms with Crippen molar-refractivity contribution in [2.45, 2.75) is 6.54 Å². The second kappa shape index (κ2) is 5.43. The van der Waals surface area contributed by atoms with Gasteiger partial charge in [0.15, 0.2) is 5.78 Å². The third kappa shape index (κ3) is 2.54. The Morgan fingerprint density at radius 2 is 1.90 bits per heavy atom. The van der Waals surface area contributed by atoms with Gasteiger partial charge in [-0.25, -0.2) is 0 Å². The molecule has 0 radical (unpaired) electrons. The molecule has 0 aliphatic heterocycles. The maximum Gasteiger partial charge on any atom is 0.182 e. The van der Waals surface area contributed by atoms with E-state index in [9.17, 15) is 4.79 Å². The number of nitriles is 1. The minimum Gasteiger partial charge on any atom is -0.338 e. The Kier molecular flexibility index (Phi) is 3.47. The largest absolute Gasteiger partial charge is 0.338 e. The van der Waals surface area contributed by atoms with Gasteiger partial charge in [0, 0.05) is 17.1 Å². The highest BCUT2D eigenvalue weighted by Crippen LogP contribution is 2.24. The van der Waals surface area contributed by atoms with E-state index in [0.717, 1.165) is 10.9 Å². The van der Waals surface area contributed by atoms with Gasteiger partial charge in [0.05, 0.1) is 28.7 Å². The lowest BCUT2D eigenvalue weighted by Crippen LogP contribution is -2.09. The molecule has 0 unspecified atom stereocenters. The van der Waals surface area contributed by atoms with Crippen LogP contribution in [0.2, 0.25) is 5.02 Å². The van der Waals surface area contributed by atoms with E-state index in [2.05, 4.69) is 0 Å². The van der Waals surface area contributed by atoms with E-state index >= 15 is 0 Å². The molecule has 2 aromatic carbocycles. The Morgan fingerprint density at radius 1 is 1.14 bits per heavy atom. The zero-order valence-corrected chi connectivity index (χ0v) is 11.8. The zero-order valence-electron chi connectivity index (χ0n) is 11.1. The fourth-order valence-electron chi connectivity index (χ4n) is 2.32. The number of ketones is 1. The van der Waals surface area contributed by atoms with Crippen molar-refractivity contribution < 1.29 is 4.79 Å². The third-order valence-electron chi connectivity index (χ3n) is 3.39. The minimum absolute atomic E-state index is 0.0168. The van der Waals surface area contributed by atoms with Gasteiger partial charge in [0.2, 0.25) is 0 Å². The molecule has 3 rings (SSSR count). The first-order valence-corrected chi connectivity index (χ1v) is 6.83. The van der Waals surface area contributed by atoms with Gasteiger partial charge in [0.25, 0.3) is 0 Å². The number of aromatic nitrogens is 1. The van der Waals surface area contributed by atoms with Crippen molar-refractivity contribution >= 4 is 28.3 Å². The van der Waals surface area contributed by atoms with E-state index in [0.29, 0.717) is 16.1 Å². The smallest absolute Gasteiger partial charge is 0.182 e. The normalized spacial score (nSPS) is 10.5. The van der Waals surface area contributed by atoms with Crippen molar-refractivity contribution in [1.82, 2.24) is 4.57 Å². The molecule has 0 saturated heterocycles. The Bertz CT molecular complexity index is 857. The minimum atomic E-state index is -0.0168. The molecule has 0 aliphatic rings. The van der Waals surface area contributed by atoms with E-state index in [1.807, 2.05) is 41.1 Å². The van der Waals surface area contributed by atoms with Crippen LogP contribution in [0.1, 0.15) is 15.9 Å². The van der Waals surface area contributed by atoms with Gasteiger partial charge in [-0.1, -0.05) is 35.9 Å². The van der Waals surface area contributed by atoms with E-state index in [1.54, 1.807) is 24.3 Å². The third-order valence-corrected chi connectivity index (χ3v) is 3.69. The summed E-state index contributed by atoms with van der Waals surface area (Å²) in [7, 11) is 0. The van der Waals surface area contributed by atoms with Gasteiger partial charge in [-0.2, -0.15) is 5.26 Å². The molecule has 1 aromatic heterocycles. The fraction of sp³-hybridized carbons (Fsp3) is 0.0588. The number of benzene rings is 2. The van der Waals surface area contributed by atoms with Crippen LogP contribution < -0.4 is 0 Å². The number of carbonyl (C=O) groups is 1. The summed E-state index contributed by atoms with van der Waals surface area (Å²) < 4.78 is 1.85. The Hall–Kier alpha value is -2.57. The molecular formula is C17H11ClN2O. The predicted octanol–water partition coefficient (Wildman–Crippen LogP) is 4.05. The van der Waals surface area contributed by atoms with Crippen LogP contribution in [0.4, 0.5) is 0 Å². The van der Waals surface area contributed by atoms with Crippen LogP contribution in [-0.4, -0.2) is 10.4 Å². The van der Waals surface area contributed by atoms with Crippen LogP contribution in [0.5, 0.6) is 0 Å². The van der Waals surface area contributed by atoms with E-state index < -0.39 is 0 Å². The summed E-state index contributed by atoms with van der Waals surface area (Å²) in [6, 6.07) is 16.3. The Labute approximate surface area is 127 Å². The monoisotopic (exact) mass is 294 g/mol. The molecule has 3 nitrogen and oxygen atoms in total. The summed E-state index contributed by atoms with van der Waals surface area (Å²) in [5, 5.41) is 10.4. The molecule has 0 fully saturated rings. The van der Waals surface area contributed by atoms with E-state index in [4.69, 9.17) is 16.9 Å². The summed E-state index contributed by atoms with van der Waals surface area (Å²) in [5.41, 5.74) is 1.99. The molecular weight excluding hydrogens is 284 g/mol. The van der Waals surface area contributed by atoms with Crippen molar-refractivity contribution in [2.75, 3.05) is 0 Å². The molecule has 0 bridgehead atoms. The molecule has 0 amide bonds. The zero-order chi connectivity index (χ0) is 14.8. The number of Topliss-reactive ketones (excluding diaryl/α,β-unsaturated/α-hetero) is 1. The summed E-state index contributed by atoms with van der Waals surface area (Å²) in [6.45, 7) is 0.221. The Morgan fingerprint density at radius 3 is 2.62 bits per heavy atom. The first-order valence-electron chi connectivity index (χ1n) is 6.46. The highest BCUT2D eigenvalue weighted by molar-refractivity contribution is 6.35. The van der Waals surface area contributed by atoms with E-state index in [-0.39, 0.29) is 12.3 Å². The molecule has 102 valence electrons. The molecule has 21 heavy (non-hydrogen) atoms. The number of hydrogen-bond donors (Lipinski definition) is 0. The standard InChI is InChI=1S/C17H11ClN2O/c18-15-3-1-2-14-8-9-20(17(14)15)11-16(21)13-6-4-12(10-19)5-7-13/h1-9H,11H2. The van der Waals surface area contributed by atoms with Crippen molar-refractivity contribution in [3.63, 3.8) is 0 Å². The Balaban J connectivity index is 1.91. The summed E-state index contributed by atoms with van der Waals surface area (Å²) >= 11 is 6.20. The molecule has 0 aliphatic carbocycles. The maximum absolute atomic E-state index is 12.3. The first kappa shape index (κ1) is 13.4. The summed E-state index contributed by atoms with van der Waals surface area (Å²) in [5.74, 6) is -0.0168.